The summed E-state index contributed by atoms with van der Waals surface area (Å²) in [5.74, 6) is -7.19. The molecule has 0 radical (unpaired) electrons. The first kappa shape index (κ1) is 23.0. The van der Waals surface area contributed by atoms with Crippen LogP contribution in [0.3, 0.4) is 0 Å². The van der Waals surface area contributed by atoms with Crippen molar-refractivity contribution in [2.75, 3.05) is 16.4 Å². The summed E-state index contributed by atoms with van der Waals surface area (Å²) >= 11 is 0. The molecule has 0 saturated carbocycles. The van der Waals surface area contributed by atoms with Gasteiger partial charge in [0.05, 0.1) is 22.5 Å². The molecule has 5 aromatic rings. The second-order valence-electron chi connectivity index (χ2n) is 7.90. The average molecular weight is 492 g/mol. The number of anilines is 4. The molecule has 0 aliphatic rings. The fourth-order valence-corrected chi connectivity index (χ4v) is 3.89. The van der Waals surface area contributed by atoms with E-state index in [4.69, 9.17) is 5.73 Å². The SMILES string of the molecule is Cc1ccc2c(Nc3cc(F)c(F)c(F)c3F)nccc2c1NC(=O)c1cccc2c(N)ncnc12. The molecule has 0 bridgehead atoms. The van der Waals surface area contributed by atoms with Gasteiger partial charge in [0, 0.05) is 28.4 Å². The average Bonchev–Trinajstić information content (AvgIpc) is 2.87. The minimum atomic E-state index is -1.94. The molecule has 0 spiro atoms. The molecular weight excluding hydrogens is 476 g/mol. The van der Waals surface area contributed by atoms with E-state index in [0.717, 1.165) is 0 Å². The number of carbonyl (C=O) groups excluding carboxylic acids is 1. The molecule has 0 atom stereocenters. The van der Waals surface area contributed by atoms with Crippen LogP contribution in [-0.2, 0) is 0 Å². The normalized spacial score (nSPS) is 11.1. The van der Waals surface area contributed by atoms with E-state index < -0.39 is 34.9 Å². The first-order valence-corrected chi connectivity index (χ1v) is 10.5. The molecule has 0 aliphatic carbocycles. The topological polar surface area (TPSA) is 106 Å². The third-order valence-corrected chi connectivity index (χ3v) is 5.69. The molecule has 0 saturated heterocycles. The van der Waals surface area contributed by atoms with Crippen molar-refractivity contribution in [3.8, 4) is 0 Å². The molecular formula is C25H16F4N6O. The smallest absolute Gasteiger partial charge is 0.257 e. The molecule has 11 heteroatoms. The predicted molar refractivity (Wildman–Crippen MR) is 128 cm³/mol. The predicted octanol–water partition coefficient (Wildman–Crippen LogP) is 5.62. The molecule has 7 nitrogen and oxygen atoms in total. The van der Waals surface area contributed by atoms with Gasteiger partial charge in [-0.2, -0.15) is 0 Å². The zero-order valence-electron chi connectivity index (χ0n) is 18.5. The number of amides is 1. The van der Waals surface area contributed by atoms with E-state index in [9.17, 15) is 22.4 Å². The Kier molecular flexibility index (Phi) is 5.59. The molecule has 0 aliphatic heterocycles. The second-order valence-corrected chi connectivity index (χ2v) is 7.90. The van der Waals surface area contributed by atoms with Gasteiger partial charge in [-0.15, -0.1) is 0 Å². The van der Waals surface area contributed by atoms with Gasteiger partial charge < -0.3 is 16.4 Å². The highest BCUT2D eigenvalue weighted by atomic mass is 19.2. The monoisotopic (exact) mass is 492 g/mol. The Bertz CT molecular complexity index is 1690. The summed E-state index contributed by atoms with van der Waals surface area (Å²) in [6.07, 6.45) is 2.64. The molecule has 4 N–H and O–H groups in total. The number of nitrogen functional groups attached to an aromatic ring is 1. The molecule has 2 aromatic heterocycles. The molecule has 36 heavy (non-hydrogen) atoms. The highest BCUT2D eigenvalue weighted by Gasteiger charge is 2.21. The van der Waals surface area contributed by atoms with Crippen LogP contribution in [0.2, 0.25) is 0 Å². The third-order valence-electron chi connectivity index (χ3n) is 5.69. The third kappa shape index (κ3) is 3.80. The molecule has 2 heterocycles. The number of aryl methyl sites for hydroxylation is 1. The molecule has 0 unspecified atom stereocenters. The van der Waals surface area contributed by atoms with Gasteiger partial charge in [-0.1, -0.05) is 18.2 Å². The van der Waals surface area contributed by atoms with E-state index in [1.807, 2.05) is 0 Å². The fourth-order valence-electron chi connectivity index (χ4n) is 3.89. The summed E-state index contributed by atoms with van der Waals surface area (Å²) in [5.41, 5.74) is 7.04. The zero-order valence-corrected chi connectivity index (χ0v) is 18.5. The van der Waals surface area contributed by atoms with E-state index in [-0.39, 0.29) is 17.2 Å². The quantitative estimate of drug-likeness (QED) is 0.171. The van der Waals surface area contributed by atoms with Crippen LogP contribution in [0.1, 0.15) is 15.9 Å². The summed E-state index contributed by atoms with van der Waals surface area (Å²) in [5, 5.41) is 6.83. The summed E-state index contributed by atoms with van der Waals surface area (Å²) in [6.45, 7) is 1.77. The van der Waals surface area contributed by atoms with Crippen molar-refractivity contribution in [3.63, 3.8) is 0 Å². The maximum Gasteiger partial charge on any atom is 0.257 e. The van der Waals surface area contributed by atoms with Crippen LogP contribution in [0.25, 0.3) is 21.7 Å². The van der Waals surface area contributed by atoms with Gasteiger partial charge in [0.25, 0.3) is 5.91 Å². The van der Waals surface area contributed by atoms with Crippen LogP contribution in [0.4, 0.5) is 40.6 Å². The van der Waals surface area contributed by atoms with Gasteiger partial charge in [0.15, 0.2) is 23.3 Å². The number of para-hydroxylation sites is 1. The Morgan fingerprint density at radius 3 is 2.50 bits per heavy atom. The van der Waals surface area contributed by atoms with E-state index in [1.165, 1.54) is 12.5 Å². The number of benzene rings is 3. The van der Waals surface area contributed by atoms with Crippen LogP contribution in [0.15, 0.2) is 55.0 Å². The second kappa shape index (κ2) is 8.77. The highest BCUT2D eigenvalue weighted by Crippen LogP contribution is 2.34. The van der Waals surface area contributed by atoms with Crippen molar-refractivity contribution < 1.29 is 22.4 Å². The number of rotatable bonds is 4. The van der Waals surface area contributed by atoms with Crippen molar-refractivity contribution in [1.82, 2.24) is 15.0 Å². The van der Waals surface area contributed by atoms with E-state index >= 15 is 0 Å². The van der Waals surface area contributed by atoms with Crippen molar-refractivity contribution in [2.24, 2.45) is 0 Å². The number of carbonyl (C=O) groups is 1. The summed E-state index contributed by atoms with van der Waals surface area (Å²) in [7, 11) is 0. The van der Waals surface area contributed by atoms with Crippen LogP contribution in [-0.4, -0.2) is 20.9 Å². The number of hydrogen-bond donors (Lipinski definition) is 3. The molecule has 1 amide bonds. The largest absolute Gasteiger partial charge is 0.383 e. The highest BCUT2D eigenvalue weighted by molar-refractivity contribution is 6.16. The lowest BCUT2D eigenvalue weighted by atomic mass is 10.0. The summed E-state index contributed by atoms with van der Waals surface area (Å²) in [4.78, 5) is 25.5. The number of aromatic nitrogens is 3. The minimum Gasteiger partial charge on any atom is -0.383 e. The van der Waals surface area contributed by atoms with Gasteiger partial charge in [0.2, 0.25) is 0 Å². The molecule has 5 rings (SSSR count). The van der Waals surface area contributed by atoms with E-state index in [0.29, 0.717) is 39.0 Å². The van der Waals surface area contributed by atoms with Crippen LogP contribution >= 0.6 is 0 Å². The first-order chi connectivity index (χ1) is 17.3. The number of nitrogens with zero attached hydrogens (tertiary/aromatic N) is 3. The number of nitrogens with one attached hydrogen (secondary N) is 2. The van der Waals surface area contributed by atoms with E-state index in [1.54, 1.807) is 43.3 Å². The Labute approximate surface area is 201 Å². The van der Waals surface area contributed by atoms with Crippen molar-refractivity contribution in [2.45, 2.75) is 6.92 Å². The Balaban J connectivity index is 1.57. The van der Waals surface area contributed by atoms with Crippen LogP contribution < -0.4 is 16.4 Å². The van der Waals surface area contributed by atoms with Crippen LogP contribution in [0, 0.1) is 30.2 Å². The van der Waals surface area contributed by atoms with E-state index in [2.05, 4.69) is 25.6 Å². The zero-order chi connectivity index (χ0) is 25.6. The molecule has 0 fully saturated rings. The molecule has 180 valence electrons. The van der Waals surface area contributed by atoms with Crippen molar-refractivity contribution in [1.29, 1.82) is 0 Å². The Morgan fingerprint density at radius 1 is 0.889 bits per heavy atom. The summed E-state index contributed by atoms with van der Waals surface area (Å²) in [6, 6.07) is 10.4. The maximum absolute atomic E-state index is 14.2. The van der Waals surface area contributed by atoms with Gasteiger partial charge >= 0.3 is 0 Å². The number of nitrogens with two attached hydrogens (primary N) is 1. The number of hydrogen-bond acceptors (Lipinski definition) is 6. The molecule has 3 aromatic carbocycles. The fraction of sp³-hybridized carbons (Fsp3) is 0.0400. The number of halogens is 4. The van der Waals surface area contributed by atoms with Gasteiger partial charge in [-0.25, -0.2) is 32.5 Å². The lowest BCUT2D eigenvalue weighted by Crippen LogP contribution is -2.14. The van der Waals surface area contributed by atoms with Gasteiger partial charge in [-0.05, 0) is 30.7 Å². The van der Waals surface area contributed by atoms with Crippen LogP contribution in [0.5, 0.6) is 0 Å². The number of pyridine rings is 1. The van der Waals surface area contributed by atoms with Crippen molar-refractivity contribution >= 4 is 50.6 Å². The van der Waals surface area contributed by atoms with Gasteiger partial charge in [-0.3, -0.25) is 4.79 Å². The van der Waals surface area contributed by atoms with Gasteiger partial charge in [0.1, 0.15) is 18.0 Å². The minimum absolute atomic E-state index is 0.0398. The van der Waals surface area contributed by atoms with Crippen molar-refractivity contribution in [3.05, 3.63) is 89.4 Å². The number of fused-ring (bicyclic) bond motifs is 2. The Morgan fingerprint density at radius 2 is 1.69 bits per heavy atom. The Hall–Kier alpha value is -4.80. The lowest BCUT2D eigenvalue weighted by Gasteiger charge is -2.16. The maximum atomic E-state index is 14.2. The first-order valence-electron chi connectivity index (χ1n) is 10.5. The lowest BCUT2D eigenvalue weighted by molar-refractivity contribution is 0.102. The standard InChI is InChI=1S/C25H16F4N6O/c1-11-5-6-13-12(7-8-31-24(13)34-17-9-16(26)18(27)20(29)19(17)28)21(11)35-25(36)15-4-2-3-14-22(15)32-10-33-23(14)30/h2-10H,1H3,(H,31,34)(H,35,36)(H2,30,32,33). The summed E-state index contributed by atoms with van der Waals surface area (Å²) < 4.78 is 55.0.